The number of carbonyl (C=O) groups excluding carboxylic acids is 1. The molecule has 12 nitrogen and oxygen atoms in total. The third-order valence-electron chi connectivity index (χ3n) is 8.77. The van der Waals surface area contributed by atoms with Crippen molar-refractivity contribution in [3.05, 3.63) is 53.7 Å². The number of likely N-dealkylation sites (tertiary alicyclic amines) is 3. The van der Waals surface area contributed by atoms with Crippen LogP contribution in [0.4, 0.5) is 39.5 Å². The van der Waals surface area contributed by atoms with Crippen molar-refractivity contribution in [1.82, 2.24) is 19.7 Å². The van der Waals surface area contributed by atoms with E-state index in [1.807, 2.05) is 31.5 Å². The average Bonchev–Trinajstić information content (AvgIpc) is 3.69. The average molecular weight is 765 g/mol. The maximum atomic E-state index is 13.7. The van der Waals surface area contributed by atoms with Gasteiger partial charge in [0.1, 0.15) is 11.5 Å². The van der Waals surface area contributed by atoms with Crippen LogP contribution in [0.15, 0.2) is 41.1 Å². The lowest BCUT2D eigenvalue weighted by atomic mass is 9.60. The third kappa shape index (κ3) is 11.8. The molecule has 0 aliphatic carbocycles. The summed E-state index contributed by atoms with van der Waals surface area (Å²) in [6, 6.07) is 8.28. The Hall–Kier alpha value is -4.40. The fourth-order valence-corrected chi connectivity index (χ4v) is 6.39. The van der Waals surface area contributed by atoms with Crippen LogP contribution in [0.25, 0.3) is 0 Å². The normalized spacial score (nSPS) is 20.4. The minimum Gasteiger partial charge on any atom is -0.475 e. The number of amides is 1. The van der Waals surface area contributed by atoms with Crippen molar-refractivity contribution in [3.63, 3.8) is 0 Å². The van der Waals surface area contributed by atoms with E-state index in [-0.39, 0.29) is 10.8 Å². The first-order valence-electron chi connectivity index (χ1n) is 15.5. The Bertz CT molecular complexity index is 1450. The monoisotopic (exact) mass is 764 g/mol. The number of pyridine rings is 1. The van der Waals surface area contributed by atoms with Crippen LogP contribution in [0.5, 0.6) is 0 Å². The van der Waals surface area contributed by atoms with Gasteiger partial charge in [-0.3, -0.25) is 19.6 Å². The molecule has 21 heteroatoms. The van der Waals surface area contributed by atoms with Crippen LogP contribution in [-0.2, 0) is 32.3 Å². The molecule has 5 rings (SSSR count). The van der Waals surface area contributed by atoms with Crippen molar-refractivity contribution in [1.29, 1.82) is 0 Å². The summed E-state index contributed by atoms with van der Waals surface area (Å²) in [5.41, 5.74) is 1.09. The second-order valence-electron chi connectivity index (χ2n) is 12.2. The van der Waals surface area contributed by atoms with Gasteiger partial charge in [-0.05, 0) is 70.0 Å². The molecule has 0 saturated carbocycles. The number of alkyl halides is 9. The van der Waals surface area contributed by atoms with E-state index in [0.29, 0.717) is 5.91 Å². The standard InChI is InChI=1S/C25H34N4O2.3C2HF3O2/c1-3-29-14-10-25(23(29)30)19-28(16-21-5-4-11-26-15-21)18-24(25)8-12-27(13-9-24)17-22-7-6-20(2)31-22;3*3-2(4,5)1(6)7/h4-7,11,15H,3,8-10,12-14,16-19H2,1-2H3;3*(H,6,7). The molecular formula is C31H37F9N4O8. The number of fused-ring (bicyclic) bond motifs is 1. The van der Waals surface area contributed by atoms with Gasteiger partial charge in [0.25, 0.3) is 0 Å². The Morgan fingerprint density at radius 1 is 0.788 bits per heavy atom. The number of aryl methyl sites for hydroxylation is 1. The maximum absolute atomic E-state index is 13.7. The Morgan fingerprint density at radius 3 is 1.69 bits per heavy atom. The summed E-state index contributed by atoms with van der Waals surface area (Å²) in [6.07, 6.45) is -8.30. The summed E-state index contributed by atoms with van der Waals surface area (Å²) in [5.74, 6) is -5.85. The van der Waals surface area contributed by atoms with Gasteiger partial charge in [-0.25, -0.2) is 14.4 Å². The molecule has 2 aromatic heterocycles. The second-order valence-corrected chi connectivity index (χ2v) is 12.2. The molecule has 3 saturated heterocycles. The predicted molar refractivity (Wildman–Crippen MR) is 160 cm³/mol. The number of furan rings is 1. The van der Waals surface area contributed by atoms with E-state index in [1.54, 1.807) is 0 Å². The van der Waals surface area contributed by atoms with E-state index < -0.39 is 36.4 Å². The summed E-state index contributed by atoms with van der Waals surface area (Å²) in [4.78, 5) is 51.8. The number of rotatable bonds is 5. The Kier molecular flexibility index (Phi) is 14.7. The lowest BCUT2D eigenvalue weighted by Gasteiger charge is -2.47. The highest BCUT2D eigenvalue weighted by Gasteiger charge is 2.64. The molecule has 1 amide bonds. The lowest BCUT2D eigenvalue weighted by molar-refractivity contribution is -0.193. The first-order valence-corrected chi connectivity index (χ1v) is 15.5. The first kappa shape index (κ1) is 43.8. The van der Waals surface area contributed by atoms with Crippen molar-refractivity contribution in [2.75, 3.05) is 39.3 Å². The minimum atomic E-state index is -5.08. The van der Waals surface area contributed by atoms with Crippen LogP contribution >= 0.6 is 0 Å². The van der Waals surface area contributed by atoms with Crippen LogP contribution in [0.3, 0.4) is 0 Å². The smallest absolute Gasteiger partial charge is 0.475 e. The number of carbonyl (C=O) groups is 4. The number of hydrogen-bond acceptors (Lipinski definition) is 8. The highest BCUT2D eigenvalue weighted by molar-refractivity contribution is 5.86. The molecule has 0 radical (unpaired) electrons. The fraction of sp³-hybridized carbons (Fsp3) is 0.581. The molecule has 52 heavy (non-hydrogen) atoms. The zero-order valence-electron chi connectivity index (χ0n) is 27.8. The minimum absolute atomic E-state index is 0.0752. The van der Waals surface area contributed by atoms with E-state index in [2.05, 4.69) is 38.7 Å². The number of aromatic nitrogens is 1. The van der Waals surface area contributed by atoms with E-state index in [0.717, 1.165) is 83.1 Å². The molecular weight excluding hydrogens is 727 g/mol. The van der Waals surface area contributed by atoms with Gasteiger partial charge in [0.2, 0.25) is 5.91 Å². The van der Waals surface area contributed by atoms with Crippen molar-refractivity contribution in [2.45, 2.75) is 64.7 Å². The highest BCUT2D eigenvalue weighted by atomic mass is 19.4. The molecule has 2 spiro atoms. The van der Waals surface area contributed by atoms with E-state index in [4.69, 9.17) is 34.1 Å². The predicted octanol–water partition coefficient (Wildman–Crippen LogP) is 5.22. The molecule has 3 aliphatic heterocycles. The summed E-state index contributed by atoms with van der Waals surface area (Å²) in [5, 5.41) is 21.4. The van der Waals surface area contributed by atoms with Gasteiger partial charge >= 0.3 is 36.4 Å². The van der Waals surface area contributed by atoms with Crippen molar-refractivity contribution in [3.8, 4) is 0 Å². The summed E-state index contributed by atoms with van der Waals surface area (Å²) in [6.45, 7) is 11.5. The first-order chi connectivity index (χ1) is 23.9. The number of carboxylic acids is 3. The molecule has 1 atom stereocenters. The topological polar surface area (TPSA) is 165 Å². The third-order valence-corrected chi connectivity index (χ3v) is 8.77. The molecule has 3 fully saturated rings. The summed E-state index contributed by atoms with van der Waals surface area (Å²) >= 11 is 0. The van der Waals surface area contributed by atoms with Gasteiger partial charge in [-0.1, -0.05) is 6.07 Å². The number of aliphatic carboxylic acids is 3. The van der Waals surface area contributed by atoms with E-state index >= 15 is 0 Å². The SMILES string of the molecule is CCN1CCC2(CN(Cc3cccnc3)CC23CCN(Cc2ccc(C)o2)CC3)C1=O.O=C(O)C(F)(F)F.O=C(O)C(F)(F)F.O=C(O)C(F)(F)F. The van der Waals surface area contributed by atoms with Crippen molar-refractivity contribution < 1.29 is 78.4 Å². The van der Waals surface area contributed by atoms with Gasteiger partial charge in [0, 0.05) is 50.5 Å². The number of carboxylic acid groups (broad SMARTS) is 3. The maximum Gasteiger partial charge on any atom is 0.490 e. The lowest BCUT2D eigenvalue weighted by Crippen LogP contribution is -2.52. The van der Waals surface area contributed by atoms with Crippen LogP contribution in [0.2, 0.25) is 0 Å². The number of halogens is 9. The van der Waals surface area contributed by atoms with E-state index in [9.17, 15) is 44.3 Å². The fourth-order valence-electron chi connectivity index (χ4n) is 6.39. The highest BCUT2D eigenvalue weighted by Crippen LogP contribution is 2.58. The molecule has 5 heterocycles. The second kappa shape index (κ2) is 17.4. The van der Waals surface area contributed by atoms with Gasteiger partial charge in [0.05, 0.1) is 12.0 Å². The van der Waals surface area contributed by atoms with Gasteiger partial charge in [0.15, 0.2) is 0 Å². The number of hydrogen-bond donors (Lipinski definition) is 3. The molecule has 0 aromatic carbocycles. The number of piperidine rings is 1. The quantitative estimate of drug-likeness (QED) is 0.342. The summed E-state index contributed by atoms with van der Waals surface area (Å²) in [7, 11) is 0. The van der Waals surface area contributed by atoms with Gasteiger partial charge in [-0.15, -0.1) is 0 Å². The Labute approximate surface area is 290 Å². The number of nitrogens with zero attached hydrogens (tertiary/aromatic N) is 4. The molecule has 292 valence electrons. The molecule has 3 N–H and O–H groups in total. The van der Waals surface area contributed by atoms with E-state index in [1.165, 1.54) is 5.56 Å². The zero-order valence-corrected chi connectivity index (χ0v) is 27.8. The van der Waals surface area contributed by atoms with Crippen LogP contribution in [-0.4, -0.2) is 117 Å². The zero-order chi connectivity index (χ0) is 39.7. The van der Waals surface area contributed by atoms with Crippen molar-refractivity contribution >= 4 is 23.8 Å². The van der Waals surface area contributed by atoms with Gasteiger partial charge < -0.3 is 24.6 Å². The van der Waals surface area contributed by atoms with Crippen LogP contribution < -0.4 is 0 Å². The molecule has 3 aliphatic rings. The Morgan fingerprint density at radius 2 is 1.31 bits per heavy atom. The van der Waals surface area contributed by atoms with Crippen molar-refractivity contribution in [2.24, 2.45) is 10.8 Å². The van der Waals surface area contributed by atoms with Gasteiger partial charge in [-0.2, -0.15) is 39.5 Å². The Balaban J connectivity index is 0.000000365. The molecule has 2 aromatic rings. The summed E-state index contributed by atoms with van der Waals surface area (Å²) < 4.78 is 101. The van der Waals surface area contributed by atoms with Crippen LogP contribution in [0.1, 0.15) is 43.3 Å². The largest absolute Gasteiger partial charge is 0.490 e. The molecule has 0 bridgehead atoms. The molecule has 1 unspecified atom stereocenters. The van der Waals surface area contributed by atoms with Crippen LogP contribution in [0, 0.1) is 17.8 Å².